The second-order valence-electron chi connectivity index (χ2n) is 15.1. The normalized spacial score (nSPS) is 13.0. The minimum Gasteiger partial charge on any atom is -0.462 e. The average molecular weight is 823 g/mol. The van der Waals surface area contributed by atoms with Gasteiger partial charge >= 0.3 is 19.8 Å². The van der Waals surface area contributed by atoms with Crippen LogP contribution in [0.4, 0.5) is 0 Å². The first kappa shape index (κ1) is 54.7. The molecule has 9 nitrogen and oxygen atoms in total. The Hall–Kier alpha value is -2.29. The van der Waals surface area contributed by atoms with Crippen molar-refractivity contribution in [2.45, 2.75) is 206 Å². The Labute approximate surface area is 348 Å². The van der Waals surface area contributed by atoms with Gasteiger partial charge in [0.1, 0.15) is 6.61 Å². The van der Waals surface area contributed by atoms with Crippen molar-refractivity contribution in [3.05, 3.63) is 60.8 Å². The molecule has 10 heteroatoms. The quantitative estimate of drug-likeness (QED) is 0.0237. The van der Waals surface area contributed by atoms with Gasteiger partial charge in [-0.3, -0.25) is 14.1 Å². The highest BCUT2D eigenvalue weighted by Crippen LogP contribution is 2.36. The van der Waals surface area contributed by atoms with Crippen LogP contribution in [-0.4, -0.2) is 52.8 Å². The van der Waals surface area contributed by atoms with Gasteiger partial charge in [0.15, 0.2) is 6.10 Å². The van der Waals surface area contributed by atoms with Crippen molar-refractivity contribution in [1.29, 1.82) is 0 Å². The zero-order valence-electron chi connectivity index (χ0n) is 35.9. The molecule has 0 aliphatic carbocycles. The number of aliphatic hydroxyl groups is 1. The minimum atomic E-state index is -4.78. The number of aliphatic hydroxyl groups excluding tert-OH is 1. The van der Waals surface area contributed by atoms with Crippen LogP contribution in [0, 0.1) is 0 Å². The molecule has 0 radical (unpaired) electrons. The topological polar surface area (TPSA) is 140 Å². The lowest BCUT2D eigenvalue weighted by molar-refractivity contribution is -0.161. The molecule has 0 aromatic heterocycles. The number of ether oxygens (including phenoxy) is 2. The molecule has 0 bridgehead atoms. The first-order valence-electron chi connectivity index (χ1n) is 22.7. The summed E-state index contributed by atoms with van der Waals surface area (Å²) in [5.74, 6) is -0.964. The van der Waals surface area contributed by atoms with Crippen molar-refractivity contribution in [2.24, 2.45) is 0 Å². The van der Waals surface area contributed by atoms with E-state index in [0.717, 1.165) is 64.2 Å². The maximum Gasteiger partial charge on any atom is 0.469 e. The molecule has 0 saturated carbocycles. The summed E-state index contributed by atoms with van der Waals surface area (Å²) in [4.78, 5) is 42.9. The standard InChI is InChI=1S/C47H83O9P/c1-2-3-4-5-6-7-8-9-10-11-12-13-14-16-20-23-26-29-32-35-38-41-47(50)56-45(44-55-57(51,52)53)43-54-46(49)40-37-34-31-28-25-22-19-17-15-18-21-24-27-30-33-36-39-42-48/h9-10,15,18-19,22,24,27-28,31,45,48H,2-8,11-14,16-17,20-21,23,25-26,29-30,32-44H2,1H3,(H2,51,52,53)/b10-9-,18-15-,22-19-,27-24-,31-28-/t45-/m1/s1. The van der Waals surface area contributed by atoms with Crippen molar-refractivity contribution >= 4 is 19.8 Å². The van der Waals surface area contributed by atoms with Crippen LogP contribution in [0.5, 0.6) is 0 Å². The summed E-state index contributed by atoms with van der Waals surface area (Å²) in [6.45, 7) is 1.66. The molecule has 0 fully saturated rings. The molecule has 0 heterocycles. The first-order chi connectivity index (χ1) is 27.8. The van der Waals surface area contributed by atoms with Crippen molar-refractivity contribution in [3.63, 3.8) is 0 Å². The summed E-state index contributed by atoms with van der Waals surface area (Å²) >= 11 is 0. The minimum absolute atomic E-state index is 0.180. The molecule has 0 aliphatic heterocycles. The van der Waals surface area contributed by atoms with Crippen LogP contribution >= 0.6 is 7.82 Å². The van der Waals surface area contributed by atoms with E-state index in [2.05, 4.69) is 66.1 Å². The van der Waals surface area contributed by atoms with Gasteiger partial charge in [0.2, 0.25) is 0 Å². The van der Waals surface area contributed by atoms with E-state index in [0.29, 0.717) is 19.3 Å². The van der Waals surface area contributed by atoms with Crippen molar-refractivity contribution < 1.29 is 43.0 Å². The number of esters is 2. The SMILES string of the molecule is CCCCCCCC/C=C\CCCCCCCCCCCCCC(=O)O[C@H](COC(=O)CCC/C=C\C/C=C\C/C=C\C/C=C\CCCCCO)COP(=O)(O)O. The molecule has 330 valence electrons. The number of rotatable bonds is 42. The molecular formula is C47H83O9P. The molecule has 3 N–H and O–H groups in total. The third-order valence-electron chi connectivity index (χ3n) is 9.56. The van der Waals surface area contributed by atoms with Gasteiger partial charge < -0.3 is 24.4 Å². The largest absolute Gasteiger partial charge is 0.469 e. The Bertz CT molecular complexity index is 1110. The fraction of sp³-hybridized carbons (Fsp3) is 0.745. The number of carbonyl (C=O) groups is 2. The van der Waals surface area contributed by atoms with Crippen LogP contribution < -0.4 is 0 Å². The maximum atomic E-state index is 12.4. The zero-order valence-corrected chi connectivity index (χ0v) is 36.8. The molecule has 57 heavy (non-hydrogen) atoms. The van der Waals surface area contributed by atoms with E-state index in [1.807, 2.05) is 6.08 Å². The van der Waals surface area contributed by atoms with Crippen LogP contribution in [0.3, 0.4) is 0 Å². The Morgan fingerprint density at radius 2 is 0.877 bits per heavy atom. The van der Waals surface area contributed by atoms with Gasteiger partial charge in [-0.25, -0.2) is 4.57 Å². The van der Waals surface area contributed by atoms with Crippen LogP contribution in [-0.2, 0) is 28.2 Å². The van der Waals surface area contributed by atoms with Crippen molar-refractivity contribution in [2.75, 3.05) is 19.8 Å². The Morgan fingerprint density at radius 3 is 1.35 bits per heavy atom. The van der Waals surface area contributed by atoms with Crippen LogP contribution in [0.1, 0.15) is 200 Å². The predicted molar refractivity (Wildman–Crippen MR) is 236 cm³/mol. The van der Waals surface area contributed by atoms with Gasteiger partial charge in [0, 0.05) is 19.4 Å². The summed E-state index contributed by atoms with van der Waals surface area (Å²) in [6.07, 6.45) is 52.5. The van der Waals surface area contributed by atoms with E-state index in [4.69, 9.17) is 24.4 Å². The lowest BCUT2D eigenvalue weighted by atomic mass is 10.0. The smallest absolute Gasteiger partial charge is 0.462 e. The maximum absolute atomic E-state index is 12.4. The van der Waals surface area contributed by atoms with E-state index in [1.54, 1.807) is 0 Å². The highest BCUT2D eigenvalue weighted by atomic mass is 31.2. The molecule has 1 atom stereocenters. The highest BCUT2D eigenvalue weighted by Gasteiger charge is 2.22. The van der Waals surface area contributed by atoms with Gasteiger partial charge in [0.05, 0.1) is 6.61 Å². The average Bonchev–Trinajstić information content (AvgIpc) is 3.18. The van der Waals surface area contributed by atoms with E-state index < -0.39 is 32.5 Å². The number of phosphoric acid groups is 1. The summed E-state index contributed by atoms with van der Waals surface area (Å²) in [7, 11) is -4.78. The van der Waals surface area contributed by atoms with Crippen LogP contribution in [0.15, 0.2) is 60.8 Å². The van der Waals surface area contributed by atoms with Gasteiger partial charge in [-0.2, -0.15) is 0 Å². The Kier molecular flexibility index (Phi) is 41.6. The van der Waals surface area contributed by atoms with Gasteiger partial charge in [-0.15, -0.1) is 0 Å². The highest BCUT2D eigenvalue weighted by molar-refractivity contribution is 7.46. The van der Waals surface area contributed by atoms with E-state index in [1.165, 1.54) is 96.3 Å². The molecule has 0 rings (SSSR count). The van der Waals surface area contributed by atoms with Crippen LogP contribution in [0.25, 0.3) is 0 Å². The molecule has 0 aliphatic rings. The van der Waals surface area contributed by atoms with Crippen LogP contribution in [0.2, 0.25) is 0 Å². The fourth-order valence-electron chi connectivity index (χ4n) is 6.16. The summed E-state index contributed by atoms with van der Waals surface area (Å²) in [5, 5.41) is 8.78. The third kappa shape index (κ3) is 46.3. The number of carbonyl (C=O) groups excluding carboxylic acids is 2. The van der Waals surface area contributed by atoms with Crippen molar-refractivity contribution in [1.82, 2.24) is 0 Å². The monoisotopic (exact) mass is 823 g/mol. The predicted octanol–water partition coefficient (Wildman–Crippen LogP) is 13.0. The first-order valence-corrected chi connectivity index (χ1v) is 24.2. The third-order valence-corrected chi connectivity index (χ3v) is 10.0. The molecule has 0 aromatic rings. The summed E-state index contributed by atoms with van der Waals surface area (Å²) < 4.78 is 26.4. The molecule has 0 spiro atoms. The zero-order chi connectivity index (χ0) is 41.8. The lowest BCUT2D eigenvalue weighted by Crippen LogP contribution is -2.29. The van der Waals surface area contributed by atoms with E-state index >= 15 is 0 Å². The summed E-state index contributed by atoms with van der Waals surface area (Å²) in [5.41, 5.74) is 0. The van der Waals surface area contributed by atoms with Gasteiger partial charge in [0.25, 0.3) is 0 Å². The molecule has 0 amide bonds. The molecule has 0 saturated heterocycles. The van der Waals surface area contributed by atoms with E-state index in [-0.39, 0.29) is 26.1 Å². The summed E-state index contributed by atoms with van der Waals surface area (Å²) in [6, 6.07) is 0. The van der Waals surface area contributed by atoms with Gasteiger partial charge in [-0.05, 0) is 83.5 Å². The second kappa shape index (κ2) is 43.3. The Balaban J connectivity index is 3.95. The Morgan fingerprint density at radius 1 is 0.491 bits per heavy atom. The fourth-order valence-corrected chi connectivity index (χ4v) is 6.52. The number of allylic oxidation sites excluding steroid dienone is 10. The number of unbranched alkanes of at least 4 members (excludes halogenated alkanes) is 21. The van der Waals surface area contributed by atoms with Crippen molar-refractivity contribution in [3.8, 4) is 0 Å². The number of hydrogen-bond donors (Lipinski definition) is 3. The van der Waals surface area contributed by atoms with Gasteiger partial charge in [-0.1, -0.05) is 164 Å². The molecule has 0 unspecified atom stereocenters. The number of hydrogen-bond acceptors (Lipinski definition) is 7. The second-order valence-corrected chi connectivity index (χ2v) is 16.3. The molecule has 0 aromatic carbocycles. The lowest BCUT2D eigenvalue weighted by Gasteiger charge is -2.18. The van der Waals surface area contributed by atoms with E-state index in [9.17, 15) is 14.2 Å². The molecular weight excluding hydrogens is 739 g/mol. The number of phosphoric ester groups is 1.